The number of quaternary nitrogens is 1. The SMILES string of the molecule is COc1ccc(O)c(C=NC2CC[NH+](Cc3ccccc3)CC2)c1. The van der Waals surface area contributed by atoms with Crippen LogP contribution in [0.25, 0.3) is 0 Å². The van der Waals surface area contributed by atoms with Gasteiger partial charge in [0.1, 0.15) is 18.0 Å². The van der Waals surface area contributed by atoms with Crippen molar-refractivity contribution in [2.75, 3.05) is 20.2 Å². The lowest BCUT2D eigenvalue weighted by atomic mass is 10.0. The molecule has 0 aromatic heterocycles. The molecule has 0 spiro atoms. The number of likely N-dealkylation sites (tertiary alicyclic amines) is 1. The monoisotopic (exact) mass is 325 g/mol. The molecule has 2 aromatic carbocycles. The second-order valence-corrected chi connectivity index (χ2v) is 6.35. The van der Waals surface area contributed by atoms with Gasteiger partial charge in [0.15, 0.2) is 0 Å². The van der Waals surface area contributed by atoms with Crippen molar-refractivity contribution >= 4 is 6.21 Å². The summed E-state index contributed by atoms with van der Waals surface area (Å²) in [5.41, 5.74) is 2.11. The molecular formula is C20H25N2O2+. The molecule has 1 heterocycles. The Hall–Kier alpha value is -2.33. The smallest absolute Gasteiger partial charge is 0.124 e. The van der Waals surface area contributed by atoms with E-state index in [9.17, 15) is 5.11 Å². The van der Waals surface area contributed by atoms with E-state index in [1.807, 2.05) is 6.07 Å². The summed E-state index contributed by atoms with van der Waals surface area (Å²) >= 11 is 0. The zero-order chi connectivity index (χ0) is 16.8. The average Bonchev–Trinajstić information content (AvgIpc) is 2.63. The molecule has 1 fully saturated rings. The number of nitrogens with zero attached hydrogens (tertiary/aromatic N) is 1. The van der Waals surface area contributed by atoms with Crippen molar-refractivity contribution in [3.05, 3.63) is 59.7 Å². The molecule has 1 saturated heterocycles. The highest BCUT2D eigenvalue weighted by atomic mass is 16.5. The highest BCUT2D eigenvalue weighted by Gasteiger charge is 2.21. The molecule has 0 aliphatic carbocycles. The Kier molecular flexibility index (Phi) is 5.49. The van der Waals surface area contributed by atoms with Gasteiger partial charge >= 0.3 is 0 Å². The minimum absolute atomic E-state index is 0.242. The Morgan fingerprint density at radius 1 is 1.17 bits per heavy atom. The van der Waals surface area contributed by atoms with E-state index in [2.05, 4.69) is 35.3 Å². The van der Waals surface area contributed by atoms with Crippen LogP contribution in [0.2, 0.25) is 0 Å². The lowest BCUT2D eigenvalue weighted by molar-refractivity contribution is -0.918. The van der Waals surface area contributed by atoms with Crippen molar-refractivity contribution in [2.24, 2.45) is 4.99 Å². The summed E-state index contributed by atoms with van der Waals surface area (Å²) in [6, 6.07) is 16.2. The quantitative estimate of drug-likeness (QED) is 0.827. The predicted octanol–water partition coefficient (Wildman–Crippen LogP) is 2.07. The van der Waals surface area contributed by atoms with Gasteiger partial charge in [-0.1, -0.05) is 30.3 Å². The maximum absolute atomic E-state index is 9.92. The summed E-state index contributed by atoms with van der Waals surface area (Å²) in [6.07, 6.45) is 3.96. The number of aliphatic imine (C=N–C) groups is 1. The van der Waals surface area contributed by atoms with E-state index in [0.717, 1.165) is 38.2 Å². The Labute approximate surface area is 143 Å². The molecule has 126 valence electrons. The molecular weight excluding hydrogens is 300 g/mol. The third-order valence-corrected chi connectivity index (χ3v) is 4.62. The van der Waals surface area contributed by atoms with Crippen molar-refractivity contribution in [3.8, 4) is 11.5 Å². The summed E-state index contributed by atoms with van der Waals surface area (Å²) in [7, 11) is 1.62. The standard InChI is InChI=1S/C20H24N2O2/c1-24-19-7-8-20(23)17(13-19)14-21-18-9-11-22(12-10-18)15-16-5-3-2-4-6-16/h2-8,13-14,18,23H,9-12,15H2,1H3/p+1. The van der Waals surface area contributed by atoms with Crippen molar-refractivity contribution in [1.82, 2.24) is 0 Å². The van der Waals surface area contributed by atoms with E-state index in [-0.39, 0.29) is 5.75 Å². The highest BCUT2D eigenvalue weighted by Crippen LogP contribution is 2.21. The third-order valence-electron chi connectivity index (χ3n) is 4.62. The summed E-state index contributed by atoms with van der Waals surface area (Å²) < 4.78 is 5.20. The van der Waals surface area contributed by atoms with Crippen LogP contribution in [0.5, 0.6) is 11.5 Å². The Balaban J connectivity index is 1.53. The minimum Gasteiger partial charge on any atom is -0.507 e. The van der Waals surface area contributed by atoms with Crippen molar-refractivity contribution in [1.29, 1.82) is 0 Å². The fourth-order valence-corrected chi connectivity index (χ4v) is 3.17. The van der Waals surface area contributed by atoms with E-state index in [1.54, 1.807) is 30.4 Å². The summed E-state index contributed by atoms with van der Waals surface area (Å²) in [5.74, 6) is 0.975. The van der Waals surface area contributed by atoms with Crippen molar-refractivity contribution < 1.29 is 14.7 Å². The molecule has 1 aliphatic rings. The average molecular weight is 325 g/mol. The number of benzene rings is 2. The molecule has 0 saturated carbocycles. The van der Waals surface area contributed by atoms with Crippen LogP contribution in [-0.4, -0.2) is 37.6 Å². The van der Waals surface area contributed by atoms with Gasteiger partial charge in [-0.3, -0.25) is 4.99 Å². The zero-order valence-corrected chi connectivity index (χ0v) is 14.1. The van der Waals surface area contributed by atoms with Crippen molar-refractivity contribution in [3.63, 3.8) is 0 Å². The van der Waals surface area contributed by atoms with Crippen LogP contribution in [0.3, 0.4) is 0 Å². The molecule has 4 nitrogen and oxygen atoms in total. The Morgan fingerprint density at radius 2 is 1.92 bits per heavy atom. The maximum Gasteiger partial charge on any atom is 0.124 e. The molecule has 3 rings (SSSR count). The number of phenolic OH excluding ortho intramolecular Hbond substituents is 1. The number of ether oxygens (including phenoxy) is 1. The third kappa shape index (κ3) is 4.36. The molecule has 4 heteroatoms. The molecule has 2 aromatic rings. The second kappa shape index (κ2) is 7.97. The van der Waals surface area contributed by atoms with Gasteiger partial charge in [0, 0.05) is 30.2 Å². The van der Waals surface area contributed by atoms with Crippen LogP contribution in [0.15, 0.2) is 53.5 Å². The Morgan fingerprint density at radius 3 is 2.62 bits per heavy atom. The lowest BCUT2D eigenvalue weighted by Gasteiger charge is -2.27. The summed E-state index contributed by atoms with van der Waals surface area (Å²) in [4.78, 5) is 6.30. The van der Waals surface area contributed by atoms with Crippen molar-refractivity contribution in [2.45, 2.75) is 25.4 Å². The van der Waals surface area contributed by atoms with E-state index in [1.165, 1.54) is 5.56 Å². The molecule has 24 heavy (non-hydrogen) atoms. The maximum atomic E-state index is 9.92. The number of aromatic hydroxyl groups is 1. The van der Waals surface area contributed by atoms with Gasteiger partial charge in [-0.15, -0.1) is 0 Å². The van der Waals surface area contributed by atoms with E-state index in [4.69, 9.17) is 4.74 Å². The van der Waals surface area contributed by atoms with Crippen LogP contribution < -0.4 is 9.64 Å². The normalized spacial score (nSPS) is 21.0. The van der Waals surface area contributed by atoms with Crippen LogP contribution in [-0.2, 0) is 6.54 Å². The second-order valence-electron chi connectivity index (χ2n) is 6.35. The molecule has 0 amide bonds. The Bertz CT molecular complexity index is 677. The van der Waals surface area contributed by atoms with Crippen LogP contribution in [0.4, 0.5) is 0 Å². The van der Waals surface area contributed by atoms with Crippen LogP contribution in [0.1, 0.15) is 24.0 Å². The zero-order valence-electron chi connectivity index (χ0n) is 14.1. The van der Waals surface area contributed by atoms with Gasteiger partial charge in [-0.25, -0.2) is 0 Å². The number of methoxy groups -OCH3 is 1. The number of nitrogens with one attached hydrogen (secondary N) is 1. The number of hydrogen-bond acceptors (Lipinski definition) is 3. The first-order valence-electron chi connectivity index (χ1n) is 8.52. The number of phenols is 1. The number of piperidine rings is 1. The fraction of sp³-hybridized carbons (Fsp3) is 0.350. The summed E-state index contributed by atoms with van der Waals surface area (Å²) in [5, 5.41) is 9.92. The summed E-state index contributed by atoms with van der Waals surface area (Å²) in [6.45, 7) is 3.37. The molecule has 0 atom stereocenters. The lowest BCUT2D eigenvalue weighted by Crippen LogP contribution is -3.12. The van der Waals surface area contributed by atoms with Gasteiger partial charge in [0.2, 0.25) is 0 Å². The fourth-order valence-electron chi connectivity index (χ4n) is 3.17. The van der Waals surface area contributed by atoms with Gasteiger partial charge in [0.25, 0.3) is 0 Å². The van der Waals surface area contributed by atoms with Gasteiger partial charge in [-0.2, -0.15) is 0 Å². The highest BCUT2D eigenvalue weighted by molar-refractivity contribution is 5.84. The van der Waals surface area contributed by atoms with E-state index < -0.39 is 0 Å². The number of rotatable bonds is 5. The predicted molar refractivity (Wildman–Crippen MR) is 96.1 cm³/mol. The van der Waals surface area contributed by atoms with Gasteiger partial charge in [0.05, 0.1) is 26.2 Å². The molecule has 2 N–H and O–H groups in total. The molecule has 0 bridgehead atoms. The molecule has 0 unspecified atom stereocenters. The van der Waals surface area contributed by atoms with E-state index >= 15 is 0 Å². The molecule has 0 radical (unpaired) electrons. The number of hydrogen-bond donors (Lipinski definition) is 2. The first kappa shape index (κ1) is 16.5. The van der Waals surface area contributed by atoms with E-state index in [0.29, 0.717) is 11.6 Å². The van der Waals surface area contributed by atoms with Gasteiger partial charge in [-0.05, 0) is 18.2 Å². The minimum atomic E-state index is 0.242. The topological polar surface area (TPSA) is 46.3 Å². The first-order chi connectivity index (χ1) is 11.7. The van der Waals surface area contributed by atoms with Gasteiger partial charge < -0.3 is 14.7 Å². The van der Waals surface area contributed by atoms with Crippen LogP contribution in [0, 0.1) is 0 Å². The largest absolute Gasteiger partial charge is 0.507 e. The molecule has 1 aliphatic heterocycles. The first-order valence-corrected chi connectivity index (χ1v) is 8.52. The van der Waals surface area contributed by atoms with Crippen LogP contribution >= 0.6 is 0 Å².